The van der Waals surface area contributed by atoms with Crippen LogP contribution in [0.4, 0.5) is 0 Å². The fourth-order valence-electron chi connectivity index (χ4n) is 1.86. The zero-order chi connectivity index (χ0) is 11.7. The second-order valence-electron chi connectivity index (χ2n) is 6.01. The molecule has 0 aromatic carbocycles. The van der Waals surface area contributed by atoms with Crippen molar-refractivity contribution in [2.75, 3.05) is 0 Å². The summed E-state index contributed by atoms with van der Waals surface area (Å²) >= 11 is 0. The smallest absolute Gasteiger partial charge is 0.333 e. The Bertz CT molecular complexity index is 284. The first kappa shape index (κ1) is 12.5. The van der Waals surface area contributed by atoms with Gasteiger partial charge >= 0.3 is 5.97 Å². The largest absolute Gasteiger partial charge is 0.457 e. The maximum absolute atomic E-state index is 11.8. The van der Waals surface area contributed by atoms with Crippen LogP contribution in [0.25, 0.3) is 0 Å². The standard InChI is InChI=1S/C12H22O2Si/c1-12(2,3)14-11(13)10-7-6-8-15(4,5)9-10/h9H,6-8H2,1-5H3. The summed E-state index contributed by atoms with van der Waals surface area (Å²) in [5, 5.41) is 0. The van der Waals surface area contributed by atoms with Gasteiger partial charge in [-0.1, -0.05) is 31.3 Å². The van der Waals surface area contributed by atoms with Crippen molar-refractivity contribution < 1.29 is 9.53 Å². The van der Waals surface area contributed by atoms with Crippen molar-refractivity contribution in [1.82, 2.24) is 0 Å². The second kappa shape index (κ2) is 4.12. The average Bonchev–Trinajstić information content (AvgIpc) is 1.99. The molecule has 86 valence electrons. The summed E-state index contributed by atoms with van der Waals surface area (Å²) < 4.78 is 5.39. The lowest BCUT2D eigenvalue weighted by Crippen LogP contribution is -2.31. The summed E-state index contributed by atoms with van der Waals surface area (Å²) in [4.78, 5) is 11.8. The topological polar surface area (TPSA) is 26.3 Å². The van der Waals surface area contributed by atoms with Gasteiger partial charge in [-0.3, -0.25) is 0 Å². The van der Waals surface area contributed by atoms with E-state index in [4.69, 9.17) is 4.74 Å². The quantitative estimate of drug-likeness (QED) is 0.506. The van der Waals surface area contributed by atoms with Crippen molar-refractivity contribution in [1.29, 1.82) is 0 Å². The van der Waals surface area contributed by atoms with Crippen molar-refractivity contribution in [3.63, 3.8) is 0 Å². The van der Waals surface area contributed by atoms with Gasteiger partial charge in [-0.25, -0.2) is 4.79 Å². The molecule has 0 fully saturated rings. The highest BCUT2D eigenvalue weighted by atomic mass is 28.3. The summed E-state index contributed by atoms with van der Waals surface area (Å²) in [6, 6.07) is 1.29. The highest BCUT2D eigenvalue weighted by Gasteiger charge is 2.27. The minimum absolute atomic E-state index is 0.109. The van der Waals surface area contributed by atoms with Crippen LogP contribution in [0.5, 0.6) is 0 Å². The molecule has 0 saturated heterocycles. The Morgan fingerprint density at radius 2 is 2.00 bits per heavy atom. The van der Waals surface area contributed by atoms with Gasteiger partial charge in [-0.05, 0) is 27.2 Å². The Labute approximate surface area is 93.7 Å². The van der Waals surface area contributed by atoms with Crippen LogP contribution in [0.3, 0.4) is 0 Å². The maximum Gasteiger partial charge on any atom is 0.333 e. The van der Waals surface area contributed by atoms with E-state index < -0.39 is 8.07 Å². The molecule has 1 rings (SSSR count). The van der Waals surface area contributed by atoms with Crippen molar-refractivity contribution in [3.05, 3.63) is 11.3 Å². The SMILES string of the molecule is CC(C)(C)OC(=O)C1=C[Si](C)(C)CCC1. The first-order valence-corrected chi connectivity index (χ1v) is 8.93. The highest BCUT2D eigenvalue weighted by molar-refractivity contribution is 6.82. The van der Waals surface area contributed by atoms with Crippen LogP contribution in [-0.2, 0) is 9.53 Å². The van der Waals surface area contributed by atoms with E-state index in [1.54, 1.807) is 0 Å². The van der Waals surface area contributed by atoms with Gasteiger partial charge in [0.1, 0.15) is 5.60 Å². The van der Waals surface area contributed by atoms with E-state index >= 15 is 0 Å². The molecule has 0 spiro atoms. The van der Waals surface area contributed by atoms with E-state index in [1.807, 2.05) is 20.8 Å². The fourth-order valence-corrected chi connectivity index (χ4v) is 4.29. The minimum atomic E-state index is -1.25. The third-order valence-corrected chi connectivity index (χ3v) is 5.27. The Morgan fingerprint density at radius 1 is 1.40 bits per heavy atom. The highest BCUT2D eigenvalue weighted by Crippen LogP contribution is 2.27. The van der Waals surface area contributed by atoms with Crippen LogP contribution in [0.2, 0.25) is 19.1 Å². The van der Waals surface area contributed by atoms with Crippen LogP contribution in [0, 0.1) is 0 Å². The Hall–Kier alpha value is -0.573. The van der Waals surface area contributed by atoms with Gasteiger partial charge in [0.2, 0.25) is 0 Å². The molecule has 3 heteroatoms. The third-order valence-electron chi connectivity index (χ3n) is 2.49. The van der Waals surface area contributed by atoms with Gasteiger partial charge in [-0.2, -0.15) is 0 Å². The van der Waals surface area contributed by atoms with Crippen LogP contribution in [0.1, 0.15) is 33.6 Å². The number of rotatable bonds is 1. The molecule has 0 unspecified atom stereocenters. The molecule has 0 N–H and O–H groups in total. The lowest BCUT2D eigenvalue weighted by molar-refractivity contribution is -0.150. The summed E-state index contributed by atoms with van der Waals surface area (Å²) in [6.45, 7) is 10.3. The fraction of sp³-hybridized carbons (Fsp3) is 0.750. The molecule has 0 radical (unpaired) electrons. The number of hydrogen-bond donors (Lipinski definition) is 0. The van der Waals surface area contributed by atoms with Crippen molar-refractivity contribution in [2.45, 2.75) is 58.4 Å². The minimum Gasteiger partial charge on any atom is -0.457 e. The Kier molecular flexibility index (Phi) is 3.43. The first-order chi connectivity index (χ1) is 6.70. The molecule has 0 atom stereocenters. The zero-order valence-corrected chi connectivity index (χ0v) is 11.5. The van der Waals surface area contributed by atoms with Gasteiger partial charge in [0.15, 0.2) is 0 Å². The normalized spacial score (nSPS) is 20.7. The van der Waals surface area contributed by atoms with Crippen molar-refractivity contribution in [3.8, 4) is 0 Å². The van der Waals surface area contributed by atoms with E-state index in [-0.39, 0.29) is 11.6 Å². The lowest BCUT2D eigenvalue weighted by Gasteiger charge is -2.27. The average molecular weight is 226 g/mol. The summed E-state index contributed by atoms with van der Waals surface area (Å²) in [5.74, 6) is -0.109. The molecule has 15 heavy (non-hydrogen) atoms. The first-order valence-electron chi connectivity index (χ1n) is 5.65. The Morgan fingerprint density at radius 3 is 2.47 bits per heavy atom. The van der Waals surface area contributed by atoms with E-state index in [2.05, 4.69) is 18.8 Å². The van der Waals surface area contributed by atoms with Crippen molar-refractivity contribution >= 4 is 14.0 Å². The molecule has 0 aromatic rings. The molecule has 1 aliphatic rings. The van der Waals surface area contributed by atoms with Gasteiger partial charge in [0.25, 0.3) is 0 Å². The predicted molar refractivity (Wildman–Crippen MR) is 65.5 cm³/mol. The number of ether oxygens (including phenoxy) is 1. The molecule has 1 heterocycles. The van der Waals surface area contributed by atoms with Gasteiger partial charge < -0.3 is 4.74 Å². The molecular formula is C12H22O2Si. The van der Waals surface area contributed by atoms with Crippen LogP contribution < -0.4 is 0 Å². The number of carbonyl (C=O) groups is 1. The van der Waals surface area contributed by atoms with Gasteiger partial charge in [0, 0.05) is 5.57 Å². The second-order valence-corrected chi connectivity index (χ2v) is 10.8. The molecule has 0 aromatic heterocycles. The molecule has 2 nitrogen and oxygen atoms in total. The van der Waals surface area contributed by atoms with Gasteiger partial charge in [0.05, 0.1) is 8.07 Å². The number of esters is 1. The molecule has 0 saturated carbocycles. The monoisotopic (exact) mass is 226 g/mol. The maximum atomic E-state index is 11.8. The molecule has 1 aliphatic heterocycles. The van der Waals surface area contributed by atoms with Crippen molar-refractivity contribution in [2.24, 2.45) is 0 Å². The molecule has 0 bridgehead atoms. The predicted octanol–water partition coefficient (Wildman–Crippen LogP) is 3.30. The van der Waals surface area contributed by atoms with Crippen LogP contribution in [0.15, 0.2) is 11.3 Å². The summed E-state index contributed by atoms with van der Waals surface area (Å²) in [5.41, 5.74) is 2.75. The van der Waals surface area contributed by atoms with Crippen LogP contribution >= 0.6 is 0 Å². The summed E-state index contributed by atoms with van der Waals surface area (Å²) in [7, 11) is -1.25. The molecule has 0 aliphatic carbocycles. The van der Waals surface area contributed by atoms with E-state index in [0.29, 0.717) is 0 Å². The third kappa shape index (κ3) is 4.20. The summed E-state index contributed by atoms with van der Waals surface area (Å²) in [6.07, 6.45) is 2.04. The van der Waals surface area contributed by atoms with Gasteiger partial charge in [-0.15, -0.1) is 0 Å². The van der Waals surface area contributed by atoms with E-state index in [9.17, 15) is 4.79 Å². The van der Waals surface area contributed by atoms with E-state index in [1.165, 1.54) is 6.04 Å². The molecular weight excluding hydrogens is 204 g/mol. The number of carbonyl (C=O) groups excluding carboxylic acids is 1. The number of hydrogen-bond acceptors (Lipinski definition) is 2. The van der Waals surface area contributed by atoms with E-state index in [0.717, 1.165) is 18.4 Å². The molecule has 0 amide bonds. The Balaban J connectivity index is 2.72. The van der Waals surface area contributed by atoms with Crippen LogP contribution in [-0.4, -0.2) is 19.6 Å². The zero-order valence-electron chi connectivity index (χ0n) is 10.5. The lowest BCUT2D eigenvalue weighted by atomic mass is 10.1.